The first-order chi connectivity index (χ1) is 13.5. The zero-order chi connectivity index (χ0) is 19.8. The van der Waals surface area contributed by atoms with Gasteiger partial charge in [-0.05, 0) is 49.1 Å². The van der Waals surface area contributed by atoms with E-state index in [0.29, 0.717) is 35.4 Å². The molecule has 4 rings (SSSR count). The molecule has 0 bridgehead atoms. The average molecular weight is 408 g/mol. The van der Waals surface area contributed by atoms with Gasteiger partial charge in [-0.25, -0.2) is 4.98 Å². The summed E-state index contributed by atoms with van der Waals surface area (Å²) in [5, 5.41) is 3.04. The van der Waals surface area contributed by atoms with Gasteiger partial charge in [0.05, 0.1) is 18.3 Å². The summed E-state index contributed by atoms with van der Waals surface area (Å²) in [5.41, 5.74) is 8.02. The molecule has 28 heavy (non-hydrogen) atoms. The van der Waals surface area contributed by atoms with Gasteiger partial charge in [0.1, 0.15) is 11.3 Å². The molecule has 3 N–H and O–H groups in total. The smallest absolute Gasteiger partial charge is 0.319 e. The number of hydrogen-bond acceptors (Lipinski definition) is 5. The number of aromatic nitrogens is 3. The molecular weight excluding hydrogens is 388 g/mol. The van der Waals surface area contributed by atoms with Crippen LogP contribution >= 0.6 is 11.6 Å². The van der Waals surface area contributed by atoms with Crippen molar-refractivity contribution >= 4 is 28.5 Å². The lowest BCUT2D eigenvalue weighted by Gasteiger charge is -2.27. The van der Waals surface area contributed by atoms with E-state index in [1.165, 1.54) is 0 Å². The molecule has 3 aromatic rings. The van der Waals surface area contributed by atoms with Gasteiger partial charge in [-0.1, -0.05) is 12.2 Å². The van der Waals surface area contributed by atoms with E-state index in [1.807, 2.05) is 12.2 Å². The van der Waals surface area contributed by atoms with E-state index in [1.54, 1.807) is 25.3 Å². The quantitative estimate of drug-likeness (QED) is 0.471. The van der Waals surface area contributed by atoms with Gasteiger partial charge in [-0.3, -0.25) is 4.57 Å². The predicted octanol–water partition coefficient (Wildman–Crippen LogP) is 4.75. The Kier molecular flexibility index (Phi) is 5.07. The normalized spacial score (nSPS) is 19.6. The number of allylic oxidation sites excluding steroid dienone is 1. The highest BCUT2D eigenvalue weighted by Crippen LogP contribution is 2.40. The number of nitrogens with zero attached hydrogens (tertiary/aromatic N) is 3. The second-order valence-corrected chi connectivity index (χ2v) is 7.18. The van der Waals surface area contributed by atoms with E-state index < -0.39 is 6.55 Å². The van der Waals surface area contributed by atoms with Crippen molar-refractivity contribution in [1.29, 1.82) is 0 Å². The summed E-state index contributed by atoms with van der Waals surface area (Å²) in [6, 6.07) is 3.29. The van der Waals surface area contributed by atoms with Crippen LogP contribution in [0.25, 0.3) is 11.0 Å². The topological polar surface area (TPSA) is 81.9 Å². The van der Waals surface area contributed by atoms with Crippen LogP contribution in [0.4, 0.5) is 14.6 Å². The fourth-order valence-corrected chi connectivity index (χ4v) is 4.03. The summed E-state index contributed by atoms with van der Waals surface area (Å²) in [7, 11) is 0. The van der Waals surface area contributed by atoms with Gasteiger partial charge in [-0.2, -0.15) is 13.8 Å². The monoisotopic (exact) mass is 407 g/mol. The third-order valence-corrected chi connectivity index (χ3v) is 5.30. The molecule has 0 amide bonds. The minimum absolute atomic E-state index is 0.0108. The number of rotatable bonds is 5. The largest absolute Gasteiger partial charge is 0.467 e. The van der Waals surface area contributed by atoms with Gasteiger partial charge in [0.25, 0.3) is 0 Å². The number of alkyl halides is 2. The van der Waals surface area contributed by atoms with Crippen molar-refractivity contribution in [3.63, 3.8) is 0 Å². The minimum atomic E-state index is -2.77. The number of nitrogens with one attached hydrogen (secondary N) is 1. The Balaban J connectivity index is 1.88. The van der Waals surface area contributed by atoms with E-state index >= 15 is 0 Å². The molecule has 0 saturated carbocycles. The first-order valence-corrected chi connectivity index (χ1v) is 9.38. The molecule has 0 aliphatic heterocycles. The van der Waals surface area contributed by atoms with Crippen LogP contribution in [0.3, 0.4) is 0 Å². The second-order valence-electron chi connectivity index (χ2n) is 6.84. The molecule has 3 aromatic heterocycles. The van der Waals surface area contributed by atoms with Crippen molar-refractivity contribution in [2.75, 3.05) is 5.32 Å². The van der Waals surface area contributed by atoms with Gasteiger partial charge in [-0.15, -0.1) is 0 Å². The summed E-state index contributed by atoms with van der Waals surface area (Å²) < 4.78 is 34.7. The van der Waals surface area contributed by atoms with Crippen molar-refractivity contribution in [1.82, 2.24) is 14.5 Å². The molecule has 0 radical (unpaired) electrons. The lowest BCUT2D eigenvalue weighted by atomic mass is 9.85. The number of furan rings is 1. The molecular formula is C19H20ClF2N5O. The van der Waals surface area contributed by atoms with Gasteiger partial charge >= 0.3 is 6.55 Å². The minimum Gasteiger partial charge on any atom is -0.467 e. The third-order valence-electron chi connectivity index (χ3n) is 5.13. The predicted molar refractivity (Wildman–Crippen MR) is 104 cm³/mol. The molecule has 148 valence electrons. The maximum Gasteiger partial charge on any atom is 0.319 e. The average Bonchev–Trinajstić information content (AvgIpc) is 3.27. The van der Waals surface area contributed by atoms with Crippen molar-refractivity contribution in [3.8, 4) is 0 Å². The number of anilines is 1. The van der Waals surface area contributed by atoms with Crippen LogP contribution < -0.4 is 11.1 Å². The van der Waals surface area contributed by atoms with Crippen LogP contribution in [-0.4, -0.2) is 20.6 Å². The van der Waals surface area contributed by atoms with Crippen molar-refractivity contribution in [2.45, 2.75) is 44.8 Å². The highest BCUT2D eigenvalue weighted by molar-refractivity contribution is 6.28. The zero-order valence-electron chi connectivity index (χ0n) is 15.2. The molecule has 1 aliphatic rings. The van der Waals surface area contributed by atoms with Crippen LogP contribution in [0.5, 0.6) is 0 Å². The van der Waals surface area contributed by atoms with Crippen molar-refractivity contribution < 1.29 is 13.2 Å². The number of nitrogens with two attached hydrogens (primary N) is 1. The van der Waals surface area contributed by atoms with Crippen LogP contribution in [0, 0.1) is 6.92 Å². The Labute approximate surface area is 165 Å². The van der Waals surface area contributed by atoms with E-state index in [4.69, 9.17) is 21.8 Å². The zero-order valence-corrected chi connectivity index (χ0v) is 16.0. The molecule has 0 unspecified atom stereocenters. The first kappa shape index (κ1) is 18.9. The van der Waals surface area contributed by atoms with E-state index in [0.717, 1.165) is 4.57 Å². The number of halogens is 3. The molecule has 0 spiro atoms. The summed E-state index contributed by atoms with van der Waals surface area (Å²) >= 11 is 6.09. The van der Waals surface area contributed by atoms with Crippen LogP contribution in [0.2, 0.25) is 5.28 Å². The SMILES string of the molecule is Cc1c([C@@H]2CC=CC[C@H]2N)n(C(F)F)c2c(NCc3ccco3)nc(Cl)nc12. The Morgan fingerprint density at radius 3 is 2.82 bits per heavy atom. The Morgan fingerprint density at radius 1 is 1.36 bits per heavy atom. The van der Waals surface area contributed by atoms with Crippen molar-refractivity contribution in [2.24, 2.45) is 5.73 Å². The van der Waals surface area contributed by atoms with Gasteiger partial charge in [0.15, 0.2) is 5.82 Å². The Bertz CT molecular complexity index is 1020. The highest BCUT2D eigenvalue weighted by Gasteiger charge is 2.32. The summed E-state index contributed by atoms with van der Waals surface area (Å²) in [6.07, 6.45) is 6.75. The molecule has 3 heterocycles. The van der Waals surface area contributed by atoms with E-state index in [2.05, 4.69) is 15.3 Å². The fraction of sp³-hybridized carbons (Fsp3) is 0.368. The molecule has 0 saturated heterocycles. The molecule has 0 fully saturated rings. The van der Waals surface area contributed by atoms with Crippen molar-refractivity contribution in [3.05, 3.63) is 52.8 Å². The summed E-state index contributed by atoms with van der Waals surface area (Å²) in [6.45, 7) is -0.705. The standard InChI is InChI=1S/C19H20ClF2N5O/c1-10-14-16(17(26-18(20)25-14)24-9-11-5-4-8-28-11)27(19(21)22)15(10)12-6-2-3-7-13(12)23/h2-5,8,12-13,19H,6-7,9,23H2,1H3,(H,24,25,26)/t12-,13-/m1/s1. The lowest BCUT2D eigenvalue weighted by molar-refractivity contribution is 0.0705. The number of hydrogen-bond donors (Lipinski definition) is 2. The third kappa shape index (κ3) is 3.27. The van der Waals surface area contributed by atoms with E-state index in [-0.39, 0.29) is 35.1 Å². The Morgan fingerprint density at radius 2 is 2.14 bits per heavy atom. The van der Waals surface area contributed by atoms with Crippen LogP contribution in [-0.2, 0) is 6.54 Å². The van der Waals surface area contributed by atoms with Gasteiger partial charge < -0.3 is 15.5 Å². The Hall–Kier alpha value is -2.45. The second kappa shape index (κ2) is 7.52. The van der Waals surface area contributed by atoms with Gasteiger partial charge in [0, 0.05) is 17.7 Å². The maximum atomic E-state index is 14.2. The molecule has 2 atom stereocenters. The maximum absolute atomic E-state index is 14.2. The first-order valence-electron chi connectivity index (χ1n) is 9.00. The van der Waals surface area contributed by atoms with Crippen LogP contribution in [0.1, 0.15) is 42.3 Å². The van der Waals surface area contributed by atoms with Crippen LogP contribution in [0.15, 0.2) is 35.0 Å². The fourth-order valence-electron chi connectivity index (χ4n) is 3.86. The molecule has 0 aromatic carbocycles. The van der Waals surface area contributed by atoms with Gasteiger partial charge in [0.2, 0.25) is 5.28 Å². The molecule has 9 heteroatoms. The lowest BCUT2D eigenvalue weighted by Crippen LogP contribution is -2.31. The van der Waals surface area contributed by atoms with E-state index in [9.17, 15) is 8.78 Å². The number of aryl methyl sites for hydroxylation is 1. The summed E-state index contributed by atoms with van der Waals surface area (Å²) in [5.74, 6) is 0.653. The summed E-state index contributed by atoms with van der Waals surface area (Å²) in [4.78, 5) is 8.41. The highest BCUT2D eigenvalue weighted by atomic mass is 35.5. The molecule has 6 nitrogen and oxygen atoms in total. The number of fused-ring (bicyclic) bond motifs is 1. The molecule has 1 aliphatic carbocycles.